The molecule has 0 radical (unpaired) electrons. The van der Waals surface area contributed by atoms with E-state index in [0.29, 0.717) is 15.6 Å². The Morgan fingerprint density at radius 2 is 1.88 bits per heavy atom. The van der Waals surface area contributed by atoms with Gasteiger partial charge in [0.25, 0.3) is 5.91 Å². The maximum Gasteiger partial charge on any atom is 0.338 e. The molecule has 6 heteroatoms. The standard InChI is InChI=1S/C18H17Cl2NO3/c1-11-4-3-5-14(8-11)18(23)24-10-17(22)21-12(2)13-6-7-15(19)16(20)9-13/h3-9,12H,10H2,1-2H3,(H,21,22)/t12-/m0/s1. The van der Waals surface area contributed by atoms with Gasteiger partial charge in [0.2, 0.25) is 0 Å². The van der Waals surface area contributed by atoms with Crippen LogP contribution in [0, 0.1) is 6.92 Å². The second-order valence-electron chi connectivity index (χ2n) is 5.41. The van der Waals surface area contributed by atoms with Crippen molar-refractivity contribution < 1.29 is 14.3 Å². The van der Waals surface area contributed by atoms with Crippen LogP contribution in [0.25, 0.3) is 0 Å². The number of hydrogen-bond donors (Lipinski definition) is 1. The first-order valence-electron chi connectivity index (χ1n) is 7.35. The van der Waals surface area contributed by atoms with E-state index in [-0.39, 0.29) is 12.6 Å². The minimum absolute atomic E-state index is 0.287. The summed E-state index contributed by atoms with van der Waals surface area (Å²) in [6.45, 7) is 3.33. The summed E-state index contributed by atoms with van der Waals surface area (Å²) in [7, 11) is 0. The zero-order valence-electron chi connectivity index (χ0n) is 13.3. The molecule has 0 aliphatic rings. The minimum Gasteiger partial charge on any atom is -0.452 e. The van der Waals surface area contributed by atoms with Crippen LogP contribution in [0.15, 0.2) is 42.5 Å². The van der Waals surface area contributed by atoms with Crippen molar-refractivity contribution in [3.63, 3.8) is 0 Å². The highest BCUT2D eigenvalue weighted by molar-refractivity contribution is 6.42. The largest absolute Gasteiger partial charge is 0.452 e. The molecular formula is C18H17Cl2NO3. The van der Waals surface area contributed by atoms with Crippen molar-refractivity contribution in [3.05, 3.63) is 69.2 Å². The summed E-state index contributed by atoms with van der Waals surface area (Å²) in [5.74, 6) is -0.925. The Morgan fingerprint density at radius 1 is 1.12 bits per heavy atom. The maximum absolute atomic E-state index is 11.9. The van der Waals surface area contributed by atoms with Gasteiger partial charge in [-0.15, -0.1) is 0 Å². The Hall–Kier alpha value is -2.04. The van der Waals surface area contributed by atoms with Crippen LogP contribution in [-0.2, 0) is 9.53 Å². The van der Waals surface area contributed by atoms with E-state index in [1.807, 2.05) is 13.0 Å². The lowest BCUT2D eigenvalue weighted by Crippen LogP contribution is -2.31. The Morgan fingerprint density at radius 3 is 2.54 bits per heavy atom. The molecule has 24 heavy (non-hydrogen) atoms. The summed E-state index contributed by atoms with van der Waals surface area (Å²) in [6.07, 6.45) is 0. The Kier molecular flexibility index (Phi) is 6.23. The van der Waals surface area contributed by atoms with Crippen LogP contribution in [0.3, 0.4) is 0 Å². The van der Waals surface area contributed by atoms with E-state index in [1.165, 1.54) is 0 Å². The average Bonchev–Trinajstić information content (AvgIpc) is 2.55. The van der Waals surface area contributed by atoms with Crippen LogP contribution in [0.1, 0.15) is 34.5 Å². The highest BCUT2D eigenvalue weighted by Gasteiger charge is 2.14. The third-order valence-corrected chi connectivity index (χ3v) is 4.15. The molecule has 2 aromatic carbocycles. The van der Waals surface area contributed by atoms with Gasteiger partial charge in [-0.25, -0.2) is 4.79 Å². The Labute approximate surface area is 150 Å². The van der Waals surface area contributed by atoms with Crippen molar-refractivity contribution in [1.82, 2.24) is 5.32 Å². The third-order valence-electron chi connectivity index (χ3n) is 3.41. The first-order valence-corrected chi connectivity index (χ1v) is 8.10. The molecule has 0 spiro atoms. The molecular weight excluding hydrogens is 349 g/mol. The fourth-order valence-corrected chi connectivity index (χ4v) is 2.44. The second kappa shape index (κ2) is 8.18. The van der Waals surface area contributed by atoms with Crippen molar-refractivity contribution in [1.29, 1.82) is 0 Å². The van der Waals surface area contributed by atoms with Gasteiger partial charge in [-0.05, 0) is 43.7 Å². The van der Waals surface area contributed by atoms with Gasteiger partial charge in [0.05, 0.1) is 21.7 Å². The smallest absolute Gasteiger partial charge is 0.338 e. The zero-order chi connectivity index (χ0) is 17.7. The van der Waals surface area contributed by atoms with Crippen LogP contribution in [0.4, 0.5) is 0 Å². The predicted molar refractivity (Wildman–Crippen MR) is 94.5 cm³/mol. The number of amides is 1. The summed E-state index contributed by atoms with van der Waals surface area (Å²) in [4.78, 5) is 23.8. The number of esters is 1. The predicted octanol–water partition coefficient (Wildman–Crippen LogP) is 4.34. The SMILES string of the molecule is Cc1cccc(C(=O)OCC(=O)N[C@@H](C)c2ccc(Cl)c(Cl)c2)c1. The number of carbonyl (C=O) groups excluding carboxylic acids is 2. The fraction of sp³-hybridized carbons (Fsp3) is 0.222. The molecule has 2 rings (SSSR count). The molecule has 0 unspecified atom stereocenters. The van der Waals surface area contributed by atoms with Crippen LogP contribution in [0.5, 0.6) is 0 Å². The third kappa shape index (κ3) is 4.98. The summed E-state index contributed by atoms with van der Waals surface area (Å²) in [6, 6.07) is 11.8. The van der Waals surface area contributed by atoms with Crippen molar-refractivity contribution in [3.8, 4) is 0 Å². The van der Waals surface area contributed by atoms with E-state index in [9.17, 15) is 9.59 Å². The number of carbonyl (C=O) groups is 2. The molecule has 0 fully saturated rings. The van der Waals surface area contributed by atoms with Crippen LogP contribution >= 0.6 is 23.2 Å². The van der Waals surface area contributed by atoms with E-state index in [2.05, 4.69) is 5.32 Å². The monoisotopic (exact) mass is 365 g/mol. The molecule has 0 saturated carbocycles. The highest BCUT2D eigenvalue weighted by Crippen LogP contribution is 2.25. The first-order chi connectivity index (χ1) is 11.4. The summed E-state index contributed by atoms with van der Waals surface area (Å²) in [5.41, 5.74) is 2.17. The molecule has 0 aliphatic heterocycles. The second-order valence-corrected chi connectivity index (χ2v) is 6.22. The number of hydrogen-bond acceptors (Lipinski definition) is 3. The topological polar surface area (TPSA) is 55.4 Å². The van der Waals surface area contributed by atoms with E-state index in [4.69, 9.17) is 27.9 Å². The molecule has 2 aromatic rings. The molecule has 4 nitrogen and oxygen atoms in total. The van der Waals surface area contributed by atoms with Crippen LogP contribution < -0.4 is 5.32 Å². The normalized spacial score (nSPS) is 11.7. The summed E-state index contributed by atoms with van der Waals surface area (Å²) in [5, 5.41) is 3.61. The van der Waals surface area contributed by atoms with E-state index in [1.54, 1.807) is 43.3 Å². The molecule has 1 amide bonds. The molecule has 126 valence electrons. The summed E-state index contributed by atoms with van der Waals surface area (Å²) >= 11 is 11.8. The number of benzene rings is 2. The summed E-state index contributed by atoms with van der Waals surface area (Å²) < 4.78 is 5.03. The van der Waals surface area contributed by atoms with Gasteiger partial charge < -0.3 is 10.1 Å². The molecule has 0 aromatic heterocycles. The molecule has 0 saturated heterocycles. The number of aryl methyl sites for hydroxylation is 1. The van der Waals surface area contributed by atoms with Gasteiger partial charge in [-0.2, -0.15) is 0 Å². The van der Waals surface area contributed by atoms with Crippen molar-refractivity contribution >= 4 is 35.1 Å². The van der Waals surface area contributed by atoms with E-state index < -0.39 is 11.9 Å². The van der Waals surface area contributed by atoms with E-state index in [0.717, 1.165) is 11.1 Å². The molecule has 0 bridgehead atoms. The van der Waals surface area contributed by atoms with Gasteiger partial charge in [-0.1, -0.05) is 47.0 Å². The Balaban J connectivity index is 1.88. The molecule has 1 N–H and O–H groups in total. The quantitative estimate of drug-likeness (QED) is 0.801. The highest BCUT2D eigenvalue weighted by atomic mass is 35.5. The molecule has 1 atom stereocenters. The maximum atomic E-state index is 11.9. The minimum atomic E-state index is -0.531. The first kappa shape index (κ1) is 18.3. The molecule has 0 aliphatic carbocycles. The van der Waals surface area contributed by atoms with E-state index >= 15 is 0 Å². The number of halogens is 2. The number of rotatable bonds is 5. The Bertz CT molecular complexity index is 762. The lowest BCUT2D eigenvalue weighted by molar-refractivity contribution is -0.124. The van der Waals surface area contributed by atoms with Gasteiger partial charge in [0.15, 0.2) is 6.61 Å². The van der Waals surface area contributed by atoms with Crippen LogP contribution in [0.2, 0.25) is 10.0 Å². The number of nitrogens with one attached hydrogen (secondary N) is 1. The van der Waals surface area contributed by atoms with Gasteiger partial charge in [0, 0.05) is 0 Å². The van der Waals surface area contributed by atoms with Gasteiger partial charge >= 0.3 is 5.97 Å². The van der Waals surface area contributed by atoms with Gasteiger partial charge in [-0.3, -0.25) is 4.79 Å². The van der Waals surface area contributed by atoms with Gasteiger partial charge in [0.1, 0.15) is 0 Å². The lowest BCUT2D eigenvalue weighted by atomic mass is 10.1. The van der Waals surface area contributed by atoms with Crippen molar-refractivity contribution in [2.75, 3.05) is 6.61 Å². The number of ether oxygens (including phenoxy) is 1. The lowest BCUT2D eigenvalue weighted by Gasteiger charge is -2.15. The van der Waals surface area contributed by atoms with Crippen LogP contribution in [-0.4, -0.2) is 18.5 Å². The zero-order valence-corrected chi connectivity index (χ0v) is 14.8. The average molecular weight is 366 g/mol. The molecule has 0 heterocycles. The van der Waals surface area contributed by atoms with Crippen molar-refractivity contribution in [2.45, 2.75) is 19.9 Å². The van der Waals surface area contributed by atoms with Crippen molar-refractivity contribution in [2.24, 2.45) is 0 Å². The fourth-order valence-electron chi connectivity index (χ4n) is 2.13.